The van der Waals surface area contributed by atoms with Gasteiger partial charge < -0.3 is 10.3 Å². The molecular formula is C11H11N3. The summed E-state index contributed by atoms with van der Waals surface area (Å²) in [6.45, 7) is 0.746. The van der Waals surface area contributed by atoms with Crippen molar-refractivity contribution in [1.82, 2.24) is 9.97 Å². The zero-order chi connectivity index (χ0) is 9.80. The number of H-pyrrole nitrogens is 1. The first-order chi connectivity index (χ1) is 6.90. The lowest BCUT2D eigenvalue weighted by molar-refractivity contribution is 1.06. The second-order valence-corrected chi connectivity index (χ2v) is 2.98. The number of hydrogen-bond acceptors (Lipinski definition) is 2. The first kappa shape index (κ1) is 8.64. The lowest BCUT2D eigenvalue weighted by Crippen LogP contribution is -2.01. The Bertz CT molecular complexity index is 432. The first-order valence-electron chi connectivity index (χ1n) is 4.52. The van der Waals surface area contributed by atoms with Gasteiger partial charge in [0, 0.05) is 13.0 Å². The lowest BCUT2D eigenvalue weighted by atomic mass is 10.3. The van der Waals surface area contributed by atoms with Crippen LogP contribution < -0.4 is 5.32 Å². The molecule has 2 aromatic rings. The van der Waals surface area contributed by atoms with Crippen LogP contribution in [0.1, 0.15) is 6.42 Å². The van der Waals surface area contributed by atoms with Crippen molar-refractivity contribution in [2.75, 3.05) is 11.9 Å². The van der Waals surface area contributed by atoms with Crippen LogP contribution in [0.3, 0.4) is 0 Å². The molecule has 0 atom stereocenters. The molecule has 1 aromatic heterocycles. The largest absolute Gasteiger partial charge is 0.355 e. The fraction of sp³-hybridized carbons (Fsp3) is 0.182. The standard InChI is InChI=1S/C11H11N3/c1-2-3-8-12-11-13-9-6-4-5-7-10(9)14-11/h1,4-7H,3,8H2,(H2,12,13,14). The molecule has 70 valence electrons. The van der Waals surface area contributed by atoms with Gasteiger partial charge in [-0.1, -0.05) is 12.1 Å². The van der Waals surface area contributed by atoms with E-state index in [2.05, 4.69) is 21.2 Å². The van der Waals surface area contributed by atoms with E-state index in [0.29, 0.717) is 6.42 Å². The van der Waals surface area contributed by atoms with Crippen LogP contribution in [-0.2, 0) is 0 Å². The zero-order valence-corrected chi connectivity index (χ0v) is 7.75. The topological polar surface area (TPSA) is 40.7 Å². The van der Waals surface area contributed by atoms with Crippen LogP contribution in [0.5, 0.6) is 0 Å². The Kier molecular flexibility index (Phi) is 2.37. The maximum Gasteiger partial charge on any atom is 0.201 e. The number of hydrogen-bond donors (Lipinski definition) is 2. The third-order valence-electron chi connectivity index (χ3n) is 1.95. The van der Waals surface area contributed by atoms with Gasteiger partial charge >= 0.3 is 0 Å². The molecule has 0 unspecified atom stereocenters. The Labute approximate surface area is 82.6 Å². The molecule has 1 aromatic carbocycles. The van der Waals surface area contributed by atoms with Gasteiger partial charge in [0.05, 0.1) is 11.0 Å². The molecule has 0 saturated heterocycles. The number of nitrogens with one attached hydrogen (secondary N) is 2. The van der Waals surface area contributed by atoms with Crippen LogP contribution in [-0.4, -0.2) is 16.5 Å². The van der Waals surface area contributed by atoms with Crippen LogP contribution in [0.2, 0.25) is 0 Å². The maximum atomic E-state index is 5.15. The number of benzene rings is 1. The molecule has 2 rings (SSSR count). The number of para-hydroxylation sites is 2. The summed E-state index contributed by atoms with van der Waals surface area (Å²) in [6, 6.07) is 7.91. The van der Waals surface area contributed by atoms with Gasteiger partial charge in [-0.15, -0.1) is 12.3 Å². The molecule has 3 nitrogen and oxygen atoms in total. The number of rotatable bonds is 3. The number of imidazole rings is 1. The third-order valence-corrected chi connectivity index (χ3v) is 1.95. The summed E-state index contributed by atoms with van der Waals surface area (Å²) in [4.78, 5) is 7.51. The molecule has 0 spiro atoms. The van der Waals surface area contributed by atoms with Gasteiger partial charge in [0.15, 0.2) is 0 Å². The van der Waals surface area contributed by atoms with Crippen molar-refractivity contribution in [3.8, 4) is 12.3 Å². The molecule has 0 radical (unpaired) electrons. The normalized spacial score (nSPS) is 9.93. The number of anilines is 1. The van der Waals surface area contributed by atoms with E-state index in [4.69, 9.17) is 6.42 Å². The fourth-order valence-electron chi connectivity index (χ4n) is 1.29. The number of fused-ring (bicyclic) bond motifs is 1. The molecule has 0 saturated carbocycles. The highest BCUT2D eigenvalue weighted by atomic mass is 15.1. The Morgan fingerprint density at radius 2 is 2.29 bits per heavy atom. The summed E-state index contributed by atoms with van der Waals surface area (Å²) in [5.74, 6) is 3.35. The molecule has 0 aliphatic rings. The molecule has 2 N–H and O–H groups in total. The molecule has 0 amide bonds. The highest BCUT2D eigenvalue weighted by molar-refractivity contribution is 5.77. The summed E-state index contributed by atoms with van der Waals surface area (Å²) in [5.41, 5.74) is 2.01. The quantitative estimate of drug-likeness (QED) is 0.567. The van der Waals surface area contributed by atoms with Gasteiger partial charge in [0.2, 0.25) is 5.95 Å². The van der Waals surface area contributed by atoms with Crippen molar-refractivity contribution >= 4 is 17.0 Å². The number of aromatic amines is 1. The van der Waals surface area contributed by atoms with Crippen molar-refractivity contribution < 1.29 is 0 Å². The number of nitrogens with zero attached hydrogens (tertiary/aromatic N) is 1. The molecule has 0 aliphatic carbocycles. The van der Waals surface area contributed by atoms with E-state index < -0.39 is 0 Å². The maximum absolute atomic E-state index is 5.15. The van der Waals surface area contributed by atoms with Crippen LogP contribution in [0.4, 0.5) is 5.95 Å². The number of terminal acetylenes is 1. The van der Waals surface area contributed by atoms with Crippen molar-refractivity contribution in [2.45, 2.75) is 6.42 Å². The molecule has 3 heteroatoms. The van der Waals surface area contributed by atoms with Crippen molar-refractivity contribution in [1.29, 1.82) is 0 Å². The third kappa shape index (κ3) is 1.69. The van der Waals surface area contributed by atoms with Gasteiger partial charge in [0.25, 0.3) is 0 Å². The van der Waals surface area contributed by atoms with Crippen molar-refractivity contribution in [3.63, 3.8) is 0 Å². The summed E-state index contributed by atoms with van der Waals surface area (Å²) in [5, 5.41) is 3.13. The van der Waals surface area contributed by atoms with E-state index in [1.165, 1.54) is 0 Å². The monoisotopic (exact) mass is 185 g/mol. The Hall–Kier alpha value is -1.95. The van der Waals surface area contributed by atoms with Crippen LogP contribution >= 0.6 is 0 Å². The van der Waals surface area contributed by atoms with Crippen molar-refractivity contribution in [3.05, 3.63) is 24.3 Å². The SMILES string of the molecule is C#CCCNc1nc2ccccc2[nH]1. The molecule has 1 heterocycles. The number of aromatic nitrogens is 2. The highest BCUT2D eigenvalue weighted by Crippen LogP contribution is 2.12. The first-order valence-corrected chi connectivity index (χ1v) is 4.52. The van der Waals surface area contributed by atoms with E-state index in [1.54, 1.807) is 0 Å². The smallest absolute Gasteiger partial charge is 0.201 e. The molecule has 0 fully saturated rings. The predicted molar refractivity (Wildman–Crippen MR) is 58.0 cm³/mol. The molecular weight excluding hydrogens is 174 g/mol. The van der Waals surface area contributed by atoms with Gasteiger partial charge in [-0.3, -0.25) is 0 Å². The Balaban J connectivity index is 2.15. The second kappa shape index (κ2) is 3.84. The minimum Gasteiger partial charge on any atom is -0.355 e. The minimum atomic E-state index is 0.705. The van der Waals surface area contributed by atoms with Gasteiger partial charge in [-0.25, -0.2) is 4.98 Å². The zero-order valence-electron chi connectivity index (χ0n) is 7.75. The van der Waals surface area contributed by atoms with E-state index >= 15 is 0 Å². The summed E-state index contributed by atoms with van der Waals surface area (Å²) in [6.07, 6.45) is 5.85. The predicted octanol–water partition coefficient (Wildman–Crippen LogP) is 2.00. The second-order valence-electron chi connectivity index (χ2n) is 2.98. The van der Waals surface area contributed by atoms with Crippen LogP contribution in [0.25, 0.3) is 11.0 Å². The molecule has 0 aliphatic heterocycles. The van der Waals surface area contributed by atoms with E-state index in [-0.39, 0.29) is 0 Å². The van der Waals surface area contributed by atoms with E-state index in [1.807, 2.05) is 24.3 Å². The minimum absolute atomic E-state index is 0.705. The fourth-order valence-corrected chi connectivity index (χ4v) is 1.29. The van der Waals surface area contributed by atoms with E-state index in [0.717, 1.165) is 23.5 Å². The molecule has 14 heavy (non-hydrogen) atoms. The Morgan fingerprint density at radius 1 is 1.43 bits per heavy atom. The van der Waals surface area contributed by atoms with E-state index in [9.17, 15) is 0 Å². The summed E-state index contributed by atoms with van der Waals surface area (Å²) in [7, 11) is 0. The van der Waals surface area contributed by atoms with Gasteiger partial charge in [0.1, 0.15) is 0 Å². The average Bonchev–Trinajstić information content (AvgIpc) is 2.60. The van der Waals surface area contributed by atoms with Gasteiger partial charge in [-0.2, -0.15) is 0 Å². The van der Waals surface area contributed by atoms with Gasteiger partial charge in [-0.05, 0) is 12.1 Å². The Morgan fingerprint density at radius 3 is 3.07 bits per heavy atom. The van der Waals surface area contributed by atoms with Crippen LogP contribution in [0, 0.1) is 12.3 Å². The summed E-state index contributed by atoms with van der Waals surface area (Å²) >= 11 is 0. The highest BCUT2D eigenvalue weighted by Gasteiger charge is 1.99. The molecule has 0 bridgehead atoms. The lowest BCUT2D eigenvalue weighted by Gasteiger charge is -1.96. The summed E-state index contributed by atoms with van der Waals surface area (Å²) < 4.78 is 0. The van der Waals surface area contributed by atoms with Crippen LogP contribution in [0.15, 0.2) is 24.3 Å². The average molecular weight is 185 g/mol. The van der Waals surface area contributed by atoms with Crippen molar-refractivity contribution in [2.24, 2.45) is 0 Å².